The van der Waals surface area contributed by atoms with Crippen molar-refractivity contribution in [1.29, 1.82) is 0 Å². The first-order valence-electron chi connectivity index (χ1n) is 6.22. The lowest BCUT2D eigenvalue weighted by molar-refractivity contribution is -0.110. The fourth-order valence-corrected chi connectivity index (χ4v) is 2.31. The van der Waals surface area contributed by atoms with E-state index in [1.54, 1.807) is 23.1 Å². The van der Waals surface area contributed by atoms with Gasteiger partial charge in [-0.2, -0.15) is 0 Å². The summed E-state index contributed by atoms with van der Waals surface area (Å²) in [5.41, 5.74) is -0.345. The SMILES string of the molecule is COc1ccc(Cl)cc1C(=O)N1CC(O)(C(C)C)C1. The van der Waals surface area contributed by atoms with E-state index in [0.29, 0.717) is 29.4 Å². The van der Waals surface area contributed by atoms with Gasteiger partial charge in [0.05, 0.1) is 25.8 Å². The largest absolute Gasteiger partial charge is 0.496 e. The summed E-state index contributed by atoms with van der Waals surface area (Å²) >= 11 is 5.91. The highest BCUT2D eigenvalue weighted by Gasteiger charge is 2.46. The third-order valence-corrected chi connectivity index (χ3v) is 3.92. The topological polar surface area (TPSA) is 49.8 Å². The summed E-state index contributed by atoms with van der Waals surface area (Å²) in [7, 11) is 1.51. The van der Waals surface area contributed by atoms with Crippen LogP contribution in [0.15, 0.2) is 18.2 Å². The maximum absolute atomic E-state index is 12.3. The van der Waals surface area contributed by atoms with Gasteiger partial charge in [-0.15, -0.1) is 0 Å². The summed E-state index contributed by atoms with van der Waals surface area (Å²) < 4.78 is 5.17. The van der Waals surface area contributed by atoms with E-state index < -0.39 is 5.60 Å². The van der Waals surface area contributed by atoms with Gasteiger partial charge >= 0.3 is 0 Å². The van der Waals surface area contributed by atoms with E-state index in [1.165, 1.54) is 7.11 Å². The number of β-amino-alcohol motifs (C(OH)–C–C–N with tert-alkyl or cyclic N) is 1. The molecular weight excluding hydrogens is 266 g/mol. The Labute approximate surface area is 117 Å². The molecule has 104 valence electrons. The van der Waals surface area contributed by atoms with Gasteiger partial charge < -0.3 is 14.7 Å². The number of amides is 1. The molecule has 0 radical (unpaired) electrons. The fraction of sp³-hybridized carbons (Fsp3) is 0.500. The van der Waals surface area contributed by atoms with Gasteiger partial charge in [-0.25, -0.2) is 0 Å². The first-order chi connectivity index (χ1) is 8.87. The third kappa shape index (κ3) is 2.55. The summed E-state index contributed by atoms with van der Waals surface area (Å²) in [5, 5.41) is 10.7. The van der Waals surface area contributed by atoms with Crippen LogP contribution in [0.25, 0.3) is 0 Å². The van der Waals surface area contributed by atoms with Crippen LogP contribution in [-0.2, 0) is 0 Å². The van der Waals surface area contributed by atoms with Gasteiger partial charge in [-0.1, -0.05) is 25.4 Å². The Balaban J connectivity index is 2.16. The van der Waals surface area contributed by atoms with E-state index in [2.05, 4.69) is 0 Å². The Hall–Kier alpha value is -1.26. The van der Waals surface area contributed by atoms with Crippen molar-refractivity contribution in [2.45, 2.75) is 19.4 Å². The number of hydrogen-bond donors (Lipinski definition) is 1. The number of carbonyl (C=O) groups excluding carboxylic acids is 1. The van der Waals surface area contributed by atoms with Gasteiger partial charge in [-0.3, -0.25) is 4.79 Å². The van der Waals surface area contributed by atoms with Crippen molar-refractivity contribution in [3.8, 4) is 5.75 Å². The van der Waals surface area contributed by atoms with E-state index in [9.17, 15) is 9.90 Å². The molecule has 0 bridgehead atoms. The van der Waals surface area contributed by atoms with Crippen LogP contribution < -0.4 is 4.74 Å². The van der Waals surface area contributed by atoms with Crippen LogP contribution in [-0.4, -0.2) is 41.7 Å². The highest BCUT2D eigenvalue weighted by atomic mass is 35.5. The van der Waals surface area contributed by atoms with Crippen molar-refractivity contribution >= 4 is 17.5 Å². The highest BCUT2D eigenvalue weighted by molar-refractivity contribution is 6.31. The quantitative estimate of drug-likeness (QED) is 0.925. The number of nitrogens with zero attached hydrogens (tertiary/aromatic N) is 1. The number of carbonyl (C=O) groups is 1. The number of methoxy groups -OCH3 is 1. The van der Waals surface area contributed by atoms with Crippen molar-refractivity contribution in [3.05, 3.63) is 28.8 Å². The molecule has 1 aliphatic rings. The van der Waals surface area contributed by atoms with Gasteiger partial charge in [0.15, 0.2) is 0 Å². The molecule has 1 aromatic carbocycles. The zero-order valence-corrected chi connectivity index (χ0v) is 12.1. The maximum Gasteiger partial charge on any atom is 0.257 e. The number of likely N-dealkylation sites (tertiary alicyclic amines) is 1. The van der Waals surface area contributed by atoms with Crippen molar-refractivity contribution in [3.63, 3.8) is 0 Å². The lowest BCUT2D eigenvalue weighted by Gasteiger charge is -2.49. The van der Waals surface area contributed by atoms with E-state index in [1.807, 2.05) is 13.8 Å². The number of rotatable bonds is 3. The zero-order chi connectivity index (χ0) is 14.2. The minimum absolute atomic E-state index is 0.123. The standard InChI is InChI=1S/C14H18ClNO3/c1-9(2)14(18)7-16(8-14)13(17)11-6-10(15)4-5-12(11)19-3/h4-6,9,18H,7-8H2,1-3H3. The lowest BCUT2D eigenvalue weighted by atomic mass is 9.82. The zero-order valence-electron chi connectivity index (χ0n) is 11.3. The van der Waals surface area contributed by atoms with Gasteiger partial charge in [-0.05, 0) is 24.1 Å². The van der Waals surface area contributed by atoms with Crippen LogP contribution in [0, 0.1) is 5.92 Å². The van der Waals surface area contributed by atoms with E-state index in [-0.39, 0.29) is 11.8 Å². The molecule has 1 aromatic rings. The second-order valence-electron chi connectivity index (χ2n) is 5.26. The number of hydrogen-bond acceptors (Lipinski definition) is 3. The Morgan fingerprint density at radius 1 is 1.47 bits per heavy atom. The smallest absolute Gasteiger partial charge is 0.257 e. The molecule has 19 heavy (non-hydrogen) atoms. The average Bonchev–Trinajstić information content (AvgIpc) is 2.33. The van der Waals surface area contributed by atoms with Crippen molar-refractivity contribution < 1.29 is 14.6 Å². The molecule has 0 aromatic heterocycles. The molecule has 1 N–H and O–H groups in total. The molecule has 1 aliphatic heterocycles. The second kappa shape index (κ2) is 5.02. The number of ether oxygens (including phenoxy) is 1. The molecule has 0 unspecified atom stereocenters. The van der Waals surface area contributed by atoms with Crippen LogP contribution in [0.2, 0.25) is 5.02 Å². The Morgan fingerprint density at radius 3 is 2.63 bits per heavy atom. The molecule has 1 saturated heterocycles. The molecule has 0 atom stereocenters. The minimum atomic E-state index is -0.776. The van der Waals surface area contributed by atoms with Crippen molar-refractivity contribution in [2.75, 3.05) is 20.2 Å². The molecule has 2 rings (SSSR count). The molecule has 1 fully saturated rings. The first-order valence-corrected chi connectivity index (χ1v) is 6.60. The third-order valence-electron chi connectivity index (χ3n) is 3.68. The molecule has 5 heteroatoms. The van der Waals surface area contributed by atoms with Crippen molar-refractivity contribution in [1.82, 2.24) is 4.90 Å². The summed E-state index contributed by atoms with van der Waals surface area (Å²) in [6.07, 6.45) is 0. The van der Waals surface area contributed by atoms with Crippen LogP contribution >= 0.6 is 11.6 Å². The average molecular weight is 284 g/mol. The van der Waals surface area contributed by atoms with Crippen LogP contribution in [0.3, 0.4) is 0 Å². The molecule has 4 nitrogen and oxygen atoms in total. The predicted molar refractivity (Wildman–Crippen MR) is 73.7 cm³/mol. The second-order valence-corrected chi connectivity index (χ2v) is 5.70. The van der Waals surface area contributed by atoms with Crippen LogP contribution in [0.1, 0.15) is 24.2 Å². The monoisotopic (exact) mass is 283 g/mol. The van der Waals surface area contributed by atoms with Gasteiger partial charge in [0.25, 0.3) is 5.91 Å². The van der Waals surface area contributed by atoms with Crippen LogP contribution in [0.4, 0.5) is 0 Å². The van der Waals surface area contributed by atoms with Gasteiger partial charge in [0, 0.05) is 5.02 Å². The number of aliphatic hydroxyl groups is 1. The summed E-state index contributed by atoms with van der Waals surface area (Å²) in [4.78, 5) is 14.0. The van der Waals surface area contributed by atoms with Crippen molar-refractivity contribution in [2.24, 2.45) is 5.92 Å². The molecule has 0 saturated carbocycles. The first kappa shape index (κ1) is 14.2. The maximum atomic E-state index is 12.3. The normalized spacial score (nSPS) is 17.3. The molecule has 0 aliphatic carbocycles. The summed E-state index contributed by atoms with van der Waals surface area (Å²) in [6.45, 7) is 4.59. The minimum Gasteiger partial charge on any atom is -0.496 e. The van der Waals surface area contributed by atoms with E-state index >= 15 is 0 Å². The molecule has 1 heterocycles. The van der Waals surface area contributed by atoms with Gasteiger partial charge in [0.1, 0.15) is 11.4 Å². The Bertz CT molecular complexity index is 495. The van der Waals surface area contributed by atoms with Gasteiger partial charge in [0.2, 0.25) is 0 Å². The predicted octanol–water partition coefficient (Wildman–Crippen LogP) is 2.19. The number of benzene rings is 1. The van der Waals surface area contributed by atoms with E-state index in [4.69, 9.17) is 16.3 Å². The fourth-order valence-electron chi connectivity index (χ4n) is 2.14. The summed E-state index contributed by atoms with van der Waals surface area (Å²) in [5.74, 6) is 0.455. The molecule has 0 spiro atoms. The summed E-state index contributed by atoms with van der Waals surface area (Å²) in [6, 6.07) is 4.94. The highest BCUT2D eigenvalue weighted by Crippen LogP contribution is 2.32. The Morgan fingerprint density at radius 2 is 2.11 bits per heavy atom. The lowest BCUT2D eigenvalue weighted by Crippen LogP contribution is -2.65. The van der Waals surface area contributed by atoms with E-state index in [0.717, 1.165) is 0 Å². The number of halogens is 1. The Kier molecular flexibility index (Phi) is 3.74. The van der Waals surface area contributed by atoms with Crippen LogP contribution in [0.5, 0.6) is 5.75 Å². The molecular formula is C14H18ClNO3. The molecule has 1 amide bonds.